The Balaban J connectivity index is 3.39. The number of carbonyl (C=O) groups excluding carboxylic acids is 1. The molecular weight excluding hydrogens is 238 g/mol. The van der Waals surface area contributed by atoms with Crippen molar-refractivity contribution >= 4 is 12.4 Å². The molecule has 6 nitrogen and oxygen atoms in total. The van der Waals surface area contributed by atoms with E-state index in [1.165, 1.54) is 39.3 Å². The monoisotopic (exact) mass is 253 g/mol. The number of carboxylic acid groups (broad SMARTS) is 1. The highest BCUT2D eigenvalue weighted by atomic mass is 16.5. The lowest BCUT2D eigenvalue weighted by Gasteiger charge is -2.32. The molecule has 1 unspecified atom stereocenters. The second-order valence-electron chi connectivity index (χ2n) is 3.98. The van der Waals surface area contributed by atoms with Crippen LogP contribution in [0.15, 0.2) is 18.2 Å². The number of phenolic OH excluding ortho intramolecular Hbond substituents is 1. The van der Waals surface area contributed by atoms with E-state index in [4.69, 9.17) is 4.74 Å². The molecule has 0 aliphatic rings. The number of amides is 1. The van der Waals surface area contributed by atoms with Crippen LogP contribution in [0.25, 0.3) is 0 Å². The largest absolute Gasteiger partial charge is 0.504 e. The van der Waals surface area contributed by atoms with Crippen molar-refractivity contribution in [1.82, 2.24) is 4.90 Å². The molecule has 2 N–H and O–H groups in total. The first-order valence-corrected chi connectivity index (χ1v) is 5.17. The molecule has 1 atom stereocenters. The van der Waals surface area contributed by atoms with Gasteiger partial charge in [0.1, 0.15) is 0 Å². The molecule has 0 radical (unpaired) electrons. The Bertz CT molecular complexity index is 474. The van der Waals surface area contributed by atoms with Crippen LogP contribution < -0.4 is 4.74 Å². The Labute approximate surface area is 104 Å². The maximum Gasteiger partial charge on any atom is 0.334 e. The molecule has 0 aliphatic carbocycles. The summed E-state index contributed by atoms with van der Waals surface area (Å²) in [5.74, 6) is -1.12. The fourth-order valence-corrected chi connectivity index (χ4v) is 1.56. The third kappa shape index (κ3) is 2.09. The number of likely N-dealkylation sites (N-methyl/N-ethyl adjacent to an activating group) is 1. The summed E-state index contributed by atoms with van der Waals surface area (Å²) in [4.78, 5) is 23.3. The van der Waals surface area contributed by atoms with E-state index in [1.807, 2.05) is 0 Å². The van der Waals surface area contributed by atoms with Gasteiger partial charge in [-0.2, -0.15) is 0 Å². The number of carbonyl (C=O) groups is 2. The zero-order valence-electron chi connectivity index (χ0n) is 10.4. The van der Waals surface area contributed by atoms with Gasteiger partial charge in [-0.15, -0.1) is 0 Å². The quantitative estimate of drug-likeness (QED) is 0.757. The van der Waals surface area contributed by atoms with E-state index in [0.29, 0.717) is 12.0 Å². The van der Waals surface area contributed by atoms with Crippen LogP contribution in [0.3, 0.4) is 0 Å². The number of phenols is 1. The standard InChI is InChI=1S/C12H15NO5/c1-12(11(16)17,13(2)7-14)8-4-5-9(15)10(6-8)18-3/h4-7,15H,1-3H3,(H,16,17). The van der Waals surface area contributed by atoms with Crippen molar-refractivity contribution in [2.75, 3.05) is 14.2 Å². The molecule has 0 aromatic heterocycles. The highest BCUT2D eigenvalue weighted by Gasteiger charge is 2.39. The van der Waals surface area contributed by atoms with Crippen LogP contribution in [0, 0.1) is 0 Å². The number of aromatic hydroxyl groups is 1. The van der Waals surface area contributed by atoms with E-state index in [1.54, 1.807) is 0 Å². The molecule has 0 bridgehead atoms. The third-order valence-corrected chi connectivity index (χ3v) is 3.02. The van der Waals surface area contributed by atoms with Crippen LogP contribution in [-0.2, 0) is 15.1 Å². The zero-order chi connectivity index (χ0) is 13.9. The van der Waals surface area contributed by atoms with E-state index in [2.05, 4.69) is 0 Å². The molecule has 98 valence electrons. The predicted molar refractivity (Wildman–Crippen MR) is 63.5 cm³/mol. The molecule has 1 aromatic carbocycles. The fourth-order valence-electron chi connectivity index (χ4n) is 1.56. The molecule has 0 fully saturated rings. The van der Waals surface area contributed by atoms with Crippen LogP contribution in [-0.4, -0.2) is 41.6 Å². The van der Waals surface area contributed by atoms with Gasteiger partial charge in [0.05, 0.1) is 7.11 Å². The van der Waals surface area contributed by atoms with Gasteiger partial charge in [-0.25, -0.2) is 4.79 Å². The molecule has 0 spiro atoms. The van der Waals surface area contributed by atoms with Gasteiger partial charge in [0.25, 0.3) is 0 Å². The average molecular weight is 253 g/mol. The normalized spacial score (nSPS) is 13.5. The molecule has 1 amide bonds. The number of rotatable bonds is 5. The first-order valence-electron chi connectivity index (χ1n) is 5.17. The molecule has 6 heteroatoms. The van der Waals surface area contributed by atoms with Crippen molar-refractivity contribution in [3.8, 4) is 11.5 Å². The summed E-state index contributed by atoms with van der Waals surface area (Å²) in [6.45, 7) is 1.40. The van der Waals surface area contributed by atoms with Gasteiger partial charge in [-0.3, -0.25) is 4.79 Å². The van der Waals surface area contributed by atoms with Crippen LogP contribution in [0.1, 0.15) is 12.5 Å². The highest BCUT2D eigenvalue weighted by molar-refractivity contribution is 5.83. The average Bonchev–Trinajstić information content (AvgIpc) is 2.37. The fraction of sp³-hybridized carbons (Fsp3) is 0.333. The Morgan fingerprint density at radius 3 is 2.56 bits per heavy atom. The number of nitrogens with zero attached hydrogens (tertiary/aromatic N) is 1. The second kappa shape index (κ2) is 4.95. The minimum Gasteiger partial charge on any atom is -0.504 e. The van der Waals surface area contributed by atoms with Gasteiger partial charge in [-0.05, 0) is 24.6 Å². The van der Waals surface area contributed by atoms with Crippen molar-refractivity contribution < 1.29 is 24.5 Å². The van der Waals surface area contributed by atoms with Crippen LogP contribution >= 0.6 is 0 Å². The Morgan fingerprint density at radius 2 is 2.11 bits per heavy atom. The summed E-state index contributed by atoms with van der Waals surface area (Å²) in [6.07, 6.45) is 0.438. The van der Waals surface area contributed by atoms with Gasteiger partial charge < -0.3 is 19.8 Å². The number of methoxy groups -OCH3 is 1. The molecule has 18 heavy (non-hydrogen) atoms. The summed E-state index contributed by atoms with van der Waals surface area (Å²) in [7, 11) is 2.74. The molecule has 1 rings (SSSR count). The SMILES string of the molecule is COc1cc(C(C)(C(=O)O)N(C)C=O)ccc1O. The van der Waals surface area contributed by atoms with Gasteiger partial charge >= 0.3 is 5.97 Å². The van der Waals surface area contributed by atoms with E-state index >= 15 is 0 Å². The molecule has 0 heterocycles. The number of ether oxygens (including phenoxy) is 1. The summed E-state index contributed by atoms with van der Waals surface area (Å²) in [5.41, 5.74) is -1.19. The topological polar surface area (TPSA) is 87.1 Å². The Hall–Kier alpha value is -2.24. The molecule has 0 saturated carbocycles. The van der Waals surface area contributed by atoms with Gasteiger partial charge in [0.2, 0.25) is 6.41 Å². The predicted octanol–water partition coefficient (Wildman–Crippen LogP) is 0.789. The van der Waals surface area contributed by atoms with Crippen molar-refractivity contribution in [2.24, 2.45) is 0 Å². The molecule has 1 aromatic rings. The maximum atomic E-state index is 11.4. The summed E-state index contributed by atoms with van der Waals surface area (Å²) in [5, 5.41) is 18.8. The first-order chi connectivity index (χ1) is 8.37. The van der Waals surface area contributed by atoms with E-state index in [9.17, 15) is 19.8 Å². The smallest absolute Gasteiger partial charge is 0.334 e. The number of hydrogen-bond donors (Lipinski definition) is 2. The summed E-state index contributed by atoms with van der Waals surface area (Å²) in [6, 6.07) is 4.16. The number of benzene rings is 1. The van der Waals surface area contributed by atoms with Gasteiger partial charge in [-0.1, -0.05) is 6.07 Å². The lowest BCUT2D eigenvalue weighted by atomic mass is 9.90. The Kier molecular flexibility index (Phi) is 3.80. The van der Waals surface area contributed by atoms with Crippen LogP contribution in [0.5, 0.6) is 11.5 Å². The minimum atomic E-state index is -1.53. The second-order valence-corrected chi connectivity index (χ2v) is 3.98. The van der Waals surface area contributed by atoms with Crippen molar-refractivity contribution in [1.29, 1.82) is 0 Å². The first kappa shape index (κ1) is 13.8. The van der Waals surface area contributed by atoms with E-state index in [-0.39, 0.29) is 11.5 Å². The van der Waals surface area contributed by atoms with E-state index in [0.717, 1.165) is 4.90 Å². The van der Waals surface area contributed by atoms with Gasteiger partial charge in [0.15, 0.2) is 17.0 Å². The number of carboxylic acids is 1. The number of hydrogen-bond acceptors (Lipinski definition) is 4. The molecular formula is C12H15NO5. The lowest BCUT2D eigenvalue weighted by Crippen LogP contribution is -2.47. The molecule has 0 saturated heterocycles. The lowest BCUT2D eigenvalue weighted by molar-refractivity contribution is -0.153. The van der Waals surface area contributed by atoms with Crippen LogP contribution in [0.2, 0.25) is 0 Å². The van der Waals surface area contributed by atoms with E-state index < -0.39 is 11.5 Å². The van der Waals surface area contributed by atoms with Crippen LogP contribution in [0.4, 0.5) is 0 Å². The van der Waals surface area contributed by atoms with Gasteiger partial charge in [0, 0.05) is 7.05 Å². The Morgan fingerprint density at radius 1 is 1.50 bits per heavy atom. The van der Waals surface area contributed by atoms with Crippen molar-refractivity contribution in [2.45, 2.75) is 12.5 Å². The summed E-state index contributed by atoms with van der Waals surface area (Å²) >= 11 is 0. The number of aliphatic carboxylic acids is 1. The minimum absolute atomic E-state index is 0.0947. The maximum absolute atomic E-state index is 11.4. The van der Waals surface area contributed by atoms with Crippen molar-refractivity contribution in [3.63, 3.8) is 0 Å². The summed E-state index contributed by atoms with van der Waals surface area (Å²) < 4.78 is 4.92. The zero-order valence-corrected chi connectivity index (χ0v) is 10.4. The molecule has 0 aliphatic heterocycles. The highest BCUT2D eigenvalue weighted by Crippen LogP contribution is 2.33. The van der Waals surface area contributed by atoms with Crippen molar-refractivity contribution in [3.05, 3.63) is 23.8 Å². The third-order valence-electron chi connectivity index (χ3n) is 3.02.